The Kier molecular flexibility index (Phi) is 8.91. The largest absolute Gasteiger partial charge is 0.490 e. The molecular formula is C19H18BrClN2O6. The van der Waals surface area contributed by atoms with Gasteiger partial charge in [0, 0.05) is 11.0 Å². The Morgan fingerprint density at radius 3 is 2.48 bits per heavy atom. The maximum atomic E-state index is 9.10. The molecule has 3 aromatic rings. The fraction of sp³-hybridized carbons (Fsp3) is 0.211. The Bertz CT molecular complexity index is 966. The number of ether oxygens (including phenoxy) is 2. The van der Waals surface area contributed by atoms with Gasteiger partial charge in [0.1, 0.15) is 12.4 Å². The average molecular weight is 486 g/mol. The van der Waals surface area contributed by atoms with E-state index in [0.29, 0.717) is 30.6 Å². The van der Waals surface area contributed by atoms with Crippen molar-refractivity contribution >= 4 is 50.5 Å². The molecule has 0 bridgehead atoms. The zero-order valence-corrected chi connectivity index (χ0v) is 17.5. The van der Waals surface area contributed by atoms with E-state index in [9.17, 15) is 0 Å². The summed E-state index contributed by atoms with van der Waals surface area (Å²) in [6.07, 6.45) is 1.84. The van der Waals surface area contributed by atoms with E-state index in [1.54, 1.807) is 0 Å². The molecule has 2 N–H and O–H groups in total. The number of hydrogen-bond acceptors (Lipinski definition) is 5. The molecule has 0 amide bonds. The summed E-state index contributed by atoms with van der Waals surface area (Å²) in [5, 5.41) is 15.4. The first-order valence-electron chi connectivity index (χ1n) is 8.40. The van der Waals surface area contributed by atoms with Gasteiger partial charge in [-0.3, -0.25) is 0 Å². The number of carboxylic acid groups (broad SMARTS) is 2. The molecule has 0 aliphatic rings. The van der Waals surface area contributed by atoms with Gasteiger partial charge in [0.05, 0.1) is 35.6 Å². The third-order valence-electron chi connectivity index (χ3n) is 3.57. The summed E-state index contributed by atoms with van der Waals surface area (Å²) in [4.78, 5) is 22.6. The number of rotatable bonds is 7. The van der Waals surface area contributed by atoms with E-state index >= 15 is 0 Å². The van der Waals surface area contributed by atoms with Gasteiger partial charge in [-0.15, -0.1) is 0 Å². The van der Waals surface area contributed by atoms with Gasteiger partial charge >= 0.3 is 11.9 Å². The highest BCUT2D eigenvalue weighted by molar-refractivity contribution is 9.10. The lowest BCUT2D eigenvalue weighted by molar-refractivity contribution is -0.159. The molecule has 1 aromatic heterocycles. The summed E-state index contributed by atoms with van der Waals surface area (Å²) < 4.78 is 14.2. The smallest absolute Gasteiger partial charge is 0.414 e. The van der Waals surface area contributed by atoms with Gasteiger partial charge in [-0.05, 0) is 30.3 Å². The Balaban J connectivity index is 0.000000438. The third-order valence-corrected chi connectivity index (χ3v) is 4.35. The fourth-order valence-corrected chi connectivity index (χ4v) is 2.98. The lowest BCUT2D eigenvalue weighted by Gasteiger charge is -2.09. The molecule has 0 fully saturated rings. The number of benzene rings is 2. The predicted molar refractivity (Wildman–Crippen MR) is 110 cm³/mol. The molecular weight excluding hydrogens is 468 g/mol. The Morgan fingerprint density at radius 2 is 1.79 bits per heavy atom. The summed E-state index contributed by atoms with van der Waals surface area (Å²) in [6.45, 7) is 2.35. The van der Waals surface area contributed by atoms with Crippen molar-refractivity contribution in [3.8, 4) is 5.75 Å². The summed E-state index contributed by atoms with van der Waals surface area (Å²) >= 11 is 9.45. The first-order valence-corrected chi connectivity index (χ1v) is 9.57. The molecule has 0 atom stereocenters. The molecule has 0 aliphatic carbocycles. The summed E-state index contributed by atoms with van der Waals surface area (Å²) in [5.41, 5.74) is 2.12. The molecule has 0 spiro atoms. The Labute approximate surface area is 179 Å². The van der Waals surface area contributed by atoms with Gasteiger partial charge in [0.25, 0.3) is 0 Å². The van der Waals surface area contributed by atoms with Gasteiger partial charge in [0.2, 0.25) is 0 Å². The van der Waals surface area contributed by atoms with Gasteiger partial charge in [-0.25, -0.2) is 14.6 Å². The molecule has 1 heterocycles. The fourth-order valence-electron chi connectivity index (χ4n) is 2.26. The molecule has 8 nitrogen and oxygen atoms in total. The van der Waals surface area contributed by atoms with Crippen molar-refractivity contribution in [2.45, 2.75) is 6.54 Å². The van der Waals surface area contributed by atoms with Crippen LogP contribution in [0.2, 0.25) is 5.02 Å². The summed E-state index contributed by atoms with van der Waals surface area (Å²) in [5.74, 6) is -2.98. The van der Waals surface area contributed by atoms with Crippen molar-refractivity contribution in [1.82, 2.24) is 9.55 Å². The predicted octanol–water partition coefficient (Wildman–Crippen LogP) is 3.70. The molecule has 29 heavy (non-hydrogen) atoms. The zero-order valence-electron chi connectivity index (χ0n) is 15.1. The van der Waals surface area contributed by atoms with Gasteiger partial charge in [-0.2, -0.15) is 0 Å². The van der Waals surface area contributed by atoms with Gasteiger partial charge in [-0.1, -0.05) is 39.7 Å². The monoisotopic (exact) mass is 484 g/mol. The zero-order chi connectivity index (χ0) is 21.2. The van der Waals surface area contributed by atoms with E-state index in [1.165, 1.54) is 0 Å². The molecule has 0 saturated heterocycles. The highest BCUT2D eigenvalue weighted by Gasteiger charge is 2.04. The van der Waals surface area contributed by atoms with Crippen LogP contribution in [0.25, 0.3) is 11.0 Å². The van der Waals surface area contributed by atoms with E-state index in [-0.39, 0.29) is 0 Å². The lowest BCUT2D eigenvalue weighted by Crippen LogP contribution is -2.11. The molecule has 2 aromatic carbocycles. The van der Waals surface area contributed by atoms with E-state index in [1.807, 2.05) is 42.7 Å². The minimum Gasteiger partial charge on any atom is -0.490 e. The number of aromatic nitrogens is 2. The van der Waals surface area contributed by atoms with Crippen LogP contribution in [0.3, 0.4) is 0 Å². The van der Waals surface area contributed by atoms with Gasteiger partial charge < -0.3 is 24.3 Å². The van der Waals surface area contributed by atoms with E-state index in [2.05, 4.69) is 31.5 Å². The van der Waals surface area contributed by atoms with Crippen LogP contribution in [0.1, 0.15) is 0 Å². The normalized spacial score (nSPS) is 10.3. The third kappa shape index (κ3) is 7.37. The molecule has 0 unspecified atom stereocenters. The van der Waals surface area contributed by atoms with Crippen molar-refractivity contribution in [2.75, 3.05) is 19.8 Å². The van der Waals surface area contributed by atoms with Crippen molar-refractivity contribution in [2.24, 2.45) is 0 Å². The van der Waals surface area contributed by atoms with E-state index in [4.69, 9.17) is 40.9 Å². The molecule has 0 radical (unpaired) electrons. The molecule has 10 heteroatoms. The van der Waals surface area contributed by atoms with Crippen LogP contribution in [0.15, 0.2) is 53.3 Å². The van der Waals surface area contributed by atoms with Crippen LogP contribution in [-0.2, 0) is 20.9 Å². The number of para-hydroxylation sites is 2. The lowest BCUT2D eigenvalue weighted by atomic mass is 10.3. The SMILES string of the molecule is Clc1cc(Br)ccc1OCCOCCn1cnc2ccccc21.O=C(O)C(=O)O. The second-order valence-electron chi connectivity index (χ2n) is 5.57. The average Bonchev–Trinajstić information content (AvgIpc) is 3.09. The number of carbonyl (C=O) groups is 2. The number of halogens is 2. The first kappa shape index (κ1) is 22.7. The van der Waals surface area contributed by atoms with E-state index < -0.39 is 11.9 Å². The summed E-state index contributed by atoms with van der Waals surface area (Å²) in [7, 11) is 0. The number of carboxylic acids is 2. The van der Waals surface area contributed by atoms with Crippen LogP contribution in [0.4, 0.5) is 0 Å². The van der Waals surface area contributed by atoms with Crippen LogP contribution >= 0.6 is 27.5 Å². The Morgan fingerprint density at radius 1 is 1.07 bits per heavy atom. The topological polar surface area (TPSA) is 111 Å². The van der Waals surface area contributed by atoms with E-state index in [0.717, 1.165) is 22.1 Å². The molecule has 0 saturated carbocycles. The molecule has 0 aliphatic heterocycles. The van der Waals surface area contributed by atoms with Crippen LogP contribution in [-0.4, -0.2) is 51.5 Å². The molecule has 3 rings (SSSR count). The number of imidazole rings is 1. The van der Waals surface area contributed by atoms with Crippen LogP contribution < -0.4 is 4.74 Å². The number of aliphatic carboxylic acids is 2. The highest BCUT2D eigenvalue weighted by atomic mass is 79.9. The minimum atomic E-state index is -1.82. The second kappa shape index (κ2) is 11.4. The van der Waals surface area contributed by atoms with Crippen LogP contribution in [0, 0.1) is 0 Å². The standard InChI is InChI=1S/C17H16BrClN2O2.C2H2O4/c18-13-5-6-17(14(19)11-13)23-10-9-22-8-7-21-12-20-15-3-1-2-4-16(15)21;3-1(4)2(5)6/h1-6,11-12H,7-10H2;(H,3,4)(H,5,6). The van der Waals surface area contributed by atoms with Crippen molar-refractivity contribution in [3.05, 3.63) is 58.3 Å². The van der Waals surface area contributed by atoms with Gasteiger partial charge in [0.15, 0.2) is 0 Å². The van der Waals surface area contributed by atoms with Crippen molar-refractivity contribution < 1.29 is 29.3 Å². The number of fused-ring (bicyclic) bond motifs is 1. The maximum Gasteiger partial charge on any atom is 0.414 e. The summed E-state index contributed by atoms with van der Waals surface area (Å²) in [6, 6.07) is 13.6. The van der Waals surface area contributed by atoms with Crippen LogP contribution in [0.5, 0.6) is 5.75 Å². The molecule has 154 valence electrons. The van der Waals surface area contributed by atoms with Crippen molar-refractivity contribution in [3.63, 3.8) is 0 Å². The minimum absolute atomic E-state index is 0.464. The number of nitrogens with zero attached hydrogens (tertiary/aromatic N) is 2. The quantitative estimate of drug-likeness (QED) is 0.388. The Hall–Kier alpha value is -2.62. The second-order valence-corrected chi connectivity index (χ2v) is 6.90. The highest BCUT2D eigenvalue weighted by Crippen LogP contribution is 2.27. The van der Waals surface area contributed by atoms with Crippen molar-refractivity contribution in [1.29, 1.82) is 0 Å². The number of hydrogen-bond donors (Lipinski definition) is 2. The first-order chi connectivity index (χ1) is 13.9. The maximum absolute atomic E-state index is 9.10.